The van der Waals surface area contributed by atoms with Crippen molar-refractivity contribution in [2.24, 2.45) is 4.99 Å². The number of benzene rings is 1. The minimum Gasteiger partial charge on any atom is -0.492 e. The van der Waals surface area contributed by atoms with E-state index in [1.807, 2.05) is 30.3 Å². The summed E-state index contributed by atoms with van der Waals surface area (Å²) in [7, 11) is 0. The maximum Gasteiger partial charge on any atom is 0.348 e. The van der Waals surface area contributed by atoms with E-state index in [4.69, 9.17) is 0 Å². The van der Waals surface area contributed by atoms with Crippen LogP contribution in [0.25, 0.3) is 6.08 Å². The summed E-state index contributed by atoms with van der Waals surface area (Å²) in [6, 6.07) is 8.83. The zero-order valence-corrected chi connectivity index (χ0v) is 7.27. The second-order valence-corrected chi connectivity index (χ2v) is 2.83. The summed E-state index contributed by atoms with van der Waals surface area (Å²) in [5.74, 6) is -0.265. The number of nitrogens with one attached hydrogen (secondary N) is 1. The zero-order valence-electron chi connectivity index (χ0n) is 7.27. The Morgan fingerprint density at radius 1 is 1.29 bits per heavy atom. The van der Waals surface area contributed by atoms with Crippen LogP contribution in [0.1, 0.15) is 5.56 Å². The molecule has 2 amide bonds. The van der Waals surface area contributed by atoms with Gasteiger partial charge in [0.05, 0.1) is 0 Å². The van der Waals surface area contributed by atoms with Crippen LogP contribution in [-0.4, -0.2) is 17.0 Å². The monoisotopic (exact) mass is 188 g/mol. The number of nitrogens with zero attached hydrogens (tertiary/aromatic N) is 1. The lowest BCUT2D eigenvalue weighted by molar-refractivity contribution is 0.253. The third-order valence-corrected chi connectivity index (χ3v) is 1.80. The van der Waals surface area contributed by atoms with Crippen LogP contribution < -0.4 is 5.32 Å². The van der Waals surface area contributed by atoms with Crippen molar-refractivity contribution in [1.82, 2.24) is 5.32 Å². The molecule has 4 heteroatoms. The molecule has 4 nitrogen and oxygen atoms in total. The first kappa shape index (κ1) is 8.50. The molecule has 1 heterocycles. The fourth-order valence-corrected chi connectivity index (χ4v) is 1.17. The van der Waals surface area contributed by atoms with Crippen molar-refractivity contribution < 1.29 is 9.90 Å². The Hall–Kier alpha value is -2.10. The van der Waals surface area contributed by atoms with Crippen LogP contribution in [0.15, 0.2) is 41.0 Å². The van der Waals surface area contributed by atoms with Gasteiger partial charge in [-0.15, -0.1) is 0 Å². The van der Waals surface area contributed by atoms with Gasteiger partial charge in [0, 0.05) is 0 Å². The number of aliphatic hydroxyl groups excluding tert-OH is 1. The molecular weight excluding hydrogens is 180 g/mol. The average molecular weight is 188 g/mol. The zero-order chi connectivity index (χ0) is 9.97. The summed E-state index contributed by atoms with van der Waals surface area (Å²) in [6.45, 7) is 0. The van der Waals surface area contributed by atoms with Gasteiger partial charge >= 0.3 is 6.03 Å². The second kappa shape index (κ2) is 3.33. The Morgan fingerprint density at radius 3 is 2.57 bits per heavy atom. The number of aliphatic hydroxyl groups is 1. The van der Waals surface area contributed by atoms with Gasteiger partial charge in [0.15, 0.2) is 0 Å². The van der Waals surface area contributed by atoms with Crippen molar-refractivity contribution in [3.63, 3.8) is 0 Å². The van der Waals surface area contributed by atoms with Gasteiger partial charge in [0.1, 0.15) is 5.70 Å². The van der Waals surface area contributed by atoms with E-state index in [1.165, 1.54) is 0 Å². The highest BCUT2D eigenvalue weighted by Crippen LogP contribution is 2.08. The Balaban J connectivity index is 2.29. The molecule has 0 spiro atoms. The van der Waals surface area contributed by atoms with Crippen LogP contribution in [0.4, 0.5) is 4.79 Å². The van der Waals surface area contributed by atoms with E-state index in [9.17, 15) is 9.90 Å². The highest BCUT2D eigenvalue weighted by molar-refractivity contribution is 6.10. The van der Waals surface area contributed by atoms with Gasteiger partial charge in [-0.25, -0.2) is 4.79 Å². The molecule has 0 fully saturated rings. The molecule has 1 aromatic carbocycles. The molecule has 14 heavy (non-hydrogen) atoms. The number of rotatable bonds is 1. The molecule has 2 rings (SSSR count). The summed E-state index contributed by atoms with van der Waals surface area (Å²) in [5, 5.41) is 11.6. The lowest BCUT2D eigenvalue weighted by Gasteiger charge is -1.96. The highest BCUT2D eigenvalue weighted by Gasteiger charge is 2.17. The first-order chi connectivity index (χ1) is 6.75. The maximum atomic E-state index is 10.8. The minimum atomic E-state index is -0.537. The third kappa shape index (κ3) is 1.64. The van der Waals surface area contributed by atoms with Crippen molar-refractivity contribution in [3.05, 3.63) is 41.6 Å². The molecule has 1 aromatic rings. The molecule has 1 aliphatic heterocycles. The number of hydrogen-bond donors (Lipinski definition) is 2. The van der Waals surface area contributed by atoms with Gasteiger partial charge in [-0.1, -0.05) is 30.3 Å². The van der Waals surface area contributed by atoms with E-state index in [1.54, 1.807) is 6.08 Å². The van der Waals surface area contributed by atoms with E-state index < -0.39 is 6.03 Å². The van der Waals surface area contributed by atoms with Crippen LogP contribution in [0.3, 0.4) is 0 Å². The van der Waals surface area contributed by atoms with Crippen LogP contribution in [0.2, 0.25) is 0 Å². The van der Waals surface area contributed by atoms with E-state index >= 15 is 0 Å². The van der Waals surface area contributed by atoms with Crippen molar-refractivity contribution in [3.8, 4) is 0 Å². The molecule has 0 aromatic heterocycles. The van der Waals surface area contributed by atoms with Crippen molar-refractivity contribution in [2.75, 3.05) is 0 Å². The molecule has 0 bridgehead atoms. The smallest absolute Gasteiger partial charge is 0.348 e. The summed E-state index contributed by atoms with van der Waals surface area (Å²) in [6.07, 6.45) is 1.66. The standard InChI is InChI=1S/C10H8N2O2/c13-9-8(11-10(14)12-9)6-7-4-2-1-3-5-7/h1-6H,(H2,11,12,13,14). The summed E-state index contributed by atoms with van der Waals surface area (Å²) < 4.78 is 0. The Labute approximate surface area is 80.6 Å². The summed E-state index contributed by atoms with van der Waals surface area (Å²) in [5.41, 5.74) is 1.23. The number of carbonyl (C=O) groups is 1. The van der Waals surface area contributed by atoms with Crippen LogP contribution in [-0.2, 0) is 0 Å². The van der Waals surface area contributed by atoms with Crippen LogP contribution >= 0.6 is 0 Å². The Kier molecular flexibility index (Phi) is 2.02. The Morgan fingerprint density at radius 2 is 2.00 bits per heavy atom. The SMILES string of the molecule is O=C1N=C(O)C(=Cc2ccccc2)N1. The minimum absolute atomic E-state index is 0.265. The number of amides is 2. The van der Waals surface area contributed by atoms with Crippen molar-refractivity contribution in [2.45, 2.75) is 0 Å². The normalized spacial score (nSPS) is 18.1. The number of hydrogen-bond acceptors (Lipinski definition) is 1. The molecule has 0 saturated heterocycles. The molecule has 70 valence electrons. The largest absolute Gasteiger partial charge is 0.492 e. The molecule has 0 saturated carbocycles. The van der Waals surface area contributed by atoms with Gasteiger partial charge in [-0.3, -0.25) is 0 Å². The van der Waals surface area contributed by atoms with Crippen LogP contribution in [0.5, 0.6) is 0 Å². The third-order valence-electron chi connectivity index (χ3n) is 1.80. The van der Waals surface area contributed by atoms with Gasteiger partial charge in [0.25, 0.3) is 0 Å². The molecule has 0 radical (unpaired) electrons. The fourth-order valence-electron chi connectivity index (χ4n) is 1.17. The van der Waals surface area contributed by atoms with Gasteiger partial charge in [-0.2, -0.15) is 4.99 Å². The predicted octanol–water partition coefficient (Wildman–Crippen LogP) is 1.71. The first-order valence-electron chi connectivity index (χ1n) is 4.11. The Bertz CT molecular complexity index is 421. The van der Waals surface area contributed by atoms with E-state index in [0.29, 0.717) is 5.70 Å². The number of aliphatic imine (C=N–C) groups is 1. The van der Waals surface area contributed by atoms with E-state index in [2.05, 4.69) is 10.3 Å². The number of carbonyl (C=O) groups excluding carboxylic acids is 1. The second-order valence-electron chi connectivity index (χ2n) is 2.83. The maximum absolute atomic E-state index is 10.8. The van der Waals surface area contributed by atoms with E-state index in [-0.39, 0.29) is 5.90 Å². The molecule has 0 atom stereocenters. The topological polar surface area (TPSA) is 61.7 Å². The fraction of sp³-hybridized carbons (Fsp3) is 0. The number of urea groups is 1. The van der Waals surface area contributed by atoms with Crippen LogP contribution in [0, 0.1) is 0 Å². The summed E-state index contributed by atoms with van der Waals surface area (Å²) in [4.78, 5) is 14.1. The van der Waals surface area contributed by atoms with Gasteiger partial charge in [0.2, 0.25) is 5.90 Å². The first-order valence-corrected chi connectivity index (χ1v) is 4.11. The quantitative estimate of drug-likeness (QED) is 0.704. The molecule has 1 aliphatic rings. The van der Waals surface area contributed by atoms with Gasteiger partial charge in [-0.05, 0) is 11.6 Å². The molecule has 2 N–H and O–H groups in total. The van der Waals surface area contributed by atoms with Gasteiger partial charge < -0.3 is 10.4 Å². The van der Waals surface area contributed by atoms with Crippen molar-refractivity contribution in [1.29, 1.82) is 0 Å². The highest BCUT2D eigenvalue weighted by atomic mass is 16.3. The predicted molar refractivity (Wildman–Crippen MR) is 53.0 cm³/mol. The van der Waals surface area contributed by atoms with E-state index in [0.717, 1.165) is 5.56 Å². The molecule has 0 unspecified atom stereocenters. The average Bonchev–Trinajstić information content (AvgIpc) is 2.47. The lowest BCUT2D eigenvalue weighted by atomic mass is 10.2. The lowest BCUT2D eigenvalue weighted by Crippen LogP contribution is -2.14. The molecule has 0 aliphatic carbocycles. The molecular formula is C10H8N2O2. The summed E-state index contributed by atoms with van der Waals surface area (Å²) >= 11 is 0. The van der Waals surface area contributed by atoms with Crippen molar-refractivity contribution >= 4 is 18.0 Å².